The zero-order valence-electron chi connectivity index (χ0n) is 13.0. The van der Waals surface area contributed by atoms with Crippen LogP contribution in [0.3, 0.4) is 0 Å². The minimum absolute atomic E-state index is 0.0322. The average molecular weight is 310 g/mol. The van der Waals surface area contributed by atoms with Crippen LogP contribution in [0, 0.1) is 5.82 Å². The lowest BCUT2D eigenvalue weighted by Gasteiger charge is -2.40. The number of hydrogen-bond donors (Lipinski definition) is 3. The normalized spacial score (nSPS) is 18.9. The lowest BCUT2D eigenvalue weighted by Crippen LogP contribution is -2.52. The van der Waals surface area contributed by atoms with Crippen LogP contribution in [-0.4, -0.2) is 36.9 Å². The van der Waals surface area contributed by atoms with Gasteiger partial charge in [-0.1, -0.05) is 12.1 Å². The maximum atomic E-state index is 12.9. The summed E-state index contributed by atoms with van der Waals surface area (Å²) >= 11 is 0. The van der Waals surface area contributed by atoms with Gasteiger partial charge in [-0.2, -0.15) is 0 Å². The molecular weight excluding hydrogens is 287 g/mol. The minimum atomic E-state index is -1.26. The highest BCUT2D eigenvalue weighted by Gasteiger charge is 2.37. The predicted octanol–water partition coefficient (Wildman–Crippen LogP) is 1.90. The van der Waals surface area contributed by atoms with E-state index in [2.05, 4.69) is 10.6 Å². The number of halogens is 1. The smallest absolute Gasteiger partial charge is 0.315 e. The molecule has 3 N–H and O–H groups in total. The van der Waals surface area contributed by atoms with Gasteiger partial charge < -0.3 is 20.5 Å². The highest BCUT2D eigenvalue weighted by atomic mass is 19.1. The first-order chi connectivity index (χ1) is 10.4. The summed E-state index contributed by atoms with van der Waals surface area (Å²) in [6.45, 7) is 2.06. The first-order valence-electron chi connectivity index (χ1n) is 7.42. The number of methoxy groups -OCH3 is 1. The molecule has 1 fully saturated rings. The second kappa shape index (κ2) is 6.62. The summed E-state index contributed by atoms with van der Waals surface area (Å²) in [7, 11) is 1.65. The molecule has 1 aromatic rings. The van der Waals surface area contributed by atoms with Gasteiger partial charge in [0.1, 0.15) is 11.4 Å². The first-order valence-corrected chi connectivity index (χ1v) is 7.42. The van der Waals surface area contributed by atoms with Crippen LogP contribution in [0.4, 0.5) is 9.18 Å². The standard InChI is InChI=1S/C16H23FN2O3/c1-15(21,12-4-6-13(17)7-5-12)10-18-14(20)19-11-16(22-2)8-3-9-16/h4-7,21H,3,8-11H2,1-2H3,(H2,18,19,20). The van der Waals surface area contributed by atoms with Gasteiger partial charge in [-0.15, -0.1) is 0 Å². The molecule has 1 aliphatic carbocycles. The summed E-state index contributed by atoms with van der Waals surface area (Å²) in [6, 6.07) is 5.21. The number of carbonyl (C=O) groups is 1. The van der Waals surface area contributed by atoms with Crippen molar-refractivity contribution >= 4 is 6.03 Å². The van der Waals surface area contributed by atoms with E-state index in [4.69, 9.17) is 4.74 Å². The monoisotopic (exact) mass is 310 g/mol. The Morgan fingerprint density at radius 1 is 1.36 bits per heavy atom. The van der Waals surface area contributed by atoms with Gasteiger partial charge in [-0.05, 0) is 43.9 Å². The van der Waals surface area contributed by atoms with E-state index in [-0.39, 0.29) is 24.0 Å². The largest absolute Gasteiger partial charge is 0.384 e. The summed E-state index contributed by atoms with van der Waals surface area (Å²) in [4.78, 5) is 11.8. The highest BCUT2D eigenvalue weighted by Crippen LogP contribution is 2.34. The molecule has 1 saturated carbocycles. The van der Waals surface area contributed by atoms with Gasteiger partial charge in [0.25, 0.3) is 0 Å². The molecule has 1 aromatic carbocycles. The SMILES string of the molecule is COC1(CNC(=O)NCC(C)(O)c2ccc(F)cc2)CCC1. The van der Waals surface area contributed by atoms with Gasteiger partial charge in [-0.25, -0.2) is 9.18 Å². The topological polar surface area (TPSA) is 70.6 Å². The van der Waals surface area contributed by atoms with Crippen LogP contribution in [0.25, 0.3) is 0 Å². The lowest BCUT2D eigenvalue weighted by atomic mass is 9.80. The van der Waals surface area contributed by atoms with Crippen LogP contribution in [-0.2, 0) is 10.3 Å². The molecule has 1 aliphatic rings. The van der Waals surface area contributed by atoms with Crippen molar-refractivity contribution in [1.82, 2.24) is 10.6 Å². The zero-order chi connectivity index (χ0) is 16.2. The van der Waals surface area contributed by atoms with Gasteiger partial charge in [-0.3, -0.25) is 0 Å². The van der Waals surface area contributed by atoms with Crippen molar-refractivity contribution < 1.29 is 19.0 Å². The van der Waals surface area contributed by atoms with Crippen molar-refractivity contribution in [3.05, 3.63) is 35.6 Å². The molecule has 0 aromatic heterocycles. The molecule has 122 valence electrons. The highest BCUT2D eigenvalue weighted by molar-refractivity contribution is 5.74. The Labute approximate surface area is 129 Å². The number of carbonyl (C=O) groups excluding carboxylic acids is 1. The van der Waals surface area contributed by atoms with Gasteiger partial charge in [0, 0.05) is 13.7 Å². The summed E-state index contributed by atoms with van der Waals surface area (Å²) in [6.07, 6.45) is 2.99. The number of amides is 2. The fourth-order valence-electron chi connectivity index (χ4n) is 2.49. The van der Waals surface area contributed by atoms with Crippen molar-refractivity contribution in [3.8, 4) is 0 Å². The molecule has 0 spiro atoms. The number of urea groups is 1. The Morgan fingerprint density at radius 3 is 2.50 bits per heavy atom. The Hall–Kier alpha value is -1.66. The number of hydrogen-bond acceptors (Lipinski definition) is 3. The number of benzene rings is 1. The average Bonchev–Trinajstić information content (AvgIpc) is 2.45. The second-order valence-electron chi connectivity index (χ2n) is 6.06. The minimum Gasteiger partial charge on any atom is -0.384 e. The number of rotatable bonds is 6. The van der Waals surface area contributed by atoms with E-state index in [0.29, 0.717) is 12.1 Å². The maximum Gasteiger partial charge on any atom is 0.315 e. The van der Waals surface area contributed by atoms with Crippen molar-refractivity contribution in [3.63, 3.8) is 0 Å². The summed E-state index contributed by atoms with van der Waals surface area (Å²) in [5.41, 5.74) is -0.960. The molecular formula is C16H23FN2O3. The Kier molecular flexibility index (Phi) is 5.03. The molecule has 6 heteroatoms. The Balaban J connectivity index is 1.81. The predicted molar refractivity (Wildman–Crippen MR) is 81.0 cm³/mol. The van der Waals surface area contributed by atoms with E-state index >= 15 is 0 Å². The first kappa shape index (κ1) is 16.7. The molecule has 0 radical (unpaired) electrons. The number of ether oxygens (including phenoxy) is 1. The van der Waals surface area contributed by atoms with Crippen LogP contribution in [0.1, 0.15) is 31.7 Å². The fraction of sp³-hybridized carbons (Fsp3) is 0.562. The fourth-order valence-corrected chi connectivity index (χ4v) is 2.49. The molecule has 0 aliphatic heterocycles. The van der Waals surface area contributed by atoms with E-state index in [9.17, 15) is 14.3 Å². The van der Waals surface area contributed by atoms with Gasteiger partial charge in [0.2, 0.25) is 0 Å². The molecule has 0 heterocycles. The molecule has 5 nitrogen and oxygen atoms in total. The van der Waals surface area contributed by atoms with E-state index in [1.165, 1.54) is 24.3 Å². The van der Waals surface area contributed by atoms with Crippen molar-refractivity contribution in [2.45, 2.75) is 37.4 Å². The van der Waals surface area contributed by atoms with E-state index in [1.807, 2.05) is 0 Å². The van der Waals surface area contributed by atoms with Gasteiger partial charge in [0.15, 0.2) is 0 Å². The van der Waals surface area contributed by atoms with Crippen LogP contribution < -0.4 is 10.6 Å². The van der Waals surface area contributed by atoms with Crippen LogP contribution in [0.5, 0.6) is 0 Å². The third kappa shape index (κ3) is 3.96. The van der Waals surface area contributed by atoms with E-state index < -0.39 is 5.60 Å². The molecule has 1 unspecified atom stereocenters. The Morgan fingerprint density at radius 2 is 2.00 bits per heavy atom. The lowest BCUT2D eigenvalue weighted by molar-refractivity contribution is -0.0674. The van der Waals surface area contributed by atoms with Gasteiger partial charge >= 0.3 is 6.03 Å². The van der Waals surface area contributed by atoms with Crippen LogP contribution in [0.15, 0.2) is 24.3 Å². The van der Waals surface area contributed by atoms with Crippen molar-refractivity contribution in [1.29, 1.82) is 0 Å². The van der Waals surface area contributed by atoms with Gasteiger partial charge in [0.05, 0.1) is 12.1 Å². The molecule has 0 saturated heterocycles. The summed E-state index contributed by atoms with van der Waals surface area (Å²) < 4.78 is 18.3. The third-order valence-corrected chi connectivity index (χ3v) is 4.33. The Bertz CT molecular complexity index is 507. The van der Waals surface area contributed by atoms with Crippen LogP contribution in [0.2, 0.25) is 0 Å². The van der Waals surface area contributed by atoms with E-state index in [1.54, 1.807) is 14.0 Å². The zero-order valence-corrected chi connectivity index (χ0v) is 13.0. The van der Waals surface area contributed by atoms with E-state index in [0.717, 1.165) is 19.3 Å². The summed E-state index contributed by atoms with van der Waals surface area (Å²) in [5.74, 6) is -0.365. The molecule has 2 rings (SSSR count). The number of nitrogens with one attached hydrogen (secondary N) is 2. The molecule has 0 bridgehead atoms. The quantitative estimate of drug-likeness (QED) is 0.751. The molecule has 2 amide bonds. The summed E-state index contributed by atoms with van der Waals surface area (Å²) in [5, 5.41) is 15.8. The van der Waals surface area contributed by atoms with Crippen molar-refractivity contribution in [2.75, 3.05) is 20.2 Å². The third-order valence-electron chi connectivity index (χ3n) is 4.33. The van der Waals surface area contributed by atoms with Crippen molar-refractivity contribution in [2.24, 2.45) is 0 Å². The number of aliphatic hydroxyl groups is 1. The molecule has 1 atom stereocenters. The second-order valence-corrected chi connectivity index (χ2v) is 6.06. The maximum absolute atomic E-state index is 12.9. The van der Waals surface area contributed by atoms with Crippen LogP contribution >= 0.6 is 0 Å². The molecule has 22 heavy (non-hydrogen) atoms.